The first-order valence-corrected chi connectivity index (χ1v) is 19.8. The van der Waals surface area contributed by atoms with E-state index in [-0.39, 0.29) is 30.7 Å². The van der Waals surface area contributed by atoms with Crippen molar-refractivity contribution in [2.45, 2.75) is 109 Å². The van der Waals surface area contributed by atoms with Crippen LogP contribution in [-0.2, 0) is 62.0 Å². The van der Waals surface area contributed by atoms with Crippen LogP contribution >= 0.6 is 0 Å². The second-order valence-corrected chi connectivity index (χ2v) is 15.4. The third-order valence-corrected chi connectivity index (χ3v) is 10.7. The number of halogens is 3. The summed E-state index contributed by atoms with van der Waals surface area (Å²) in [7, 11) is 1.15. The summed E-state index contributed by atoms with van der Waals surface area (Å²) in [4.78, 5) is 102. The number of carbonyl (C=O) groups is 8. The summed E-state index contributed by atoms with van der Waals surface area (Å²) in [6, 6.07) is 1.65. The number of rotatable bonds is 14. The summed E-state index contributed by atoms with van der Waals surface area (Å²) in [5.74, 6) is -7.55. The van der Waals surface area contributed by atoms with Crippen molar-refractivity contribution in [1.82, 2.24) is 20.9 Å². The van der Waals surface area contributed by atoms with Crippen molar-refractivity contribution in [3.63, 3.8) is 0 Å². The van der Waals surface area contributed by atoms with Crippen LogP contribution in [-0.4, -0.2) is 158 Å². The predicted molar refractivity (Wildman–Crippen MR) is 209 cm³/mol. The smallest absolute Gasteiger partial charge is 0.475 e. The number of methoxy groups -OCH3 is 1. The maximum Gasteiger partial charge on any atom is 0.490 e. The summed E-state index contributed by atoms with van der Waals surface area (Å²) in [6.07, 6.45) is -7.48. The van der Waals surface area contributed by atoms with Crippen LogP contribution in [0.5, 0.6) is 5.75 Å². The van der Waals surface area contributed by atoms with Crippen LogP contribution < -0.4 is 20.7 Å². The Hall–Kier alpha value is -5.39. The second kappa shape index (κ2) is 21.8. The monoisotopic (exact) mass is 904 g/mol. The van der Waals surface area contributed by atoms with Gasteiger partial charge in [-0.2, -0.15) is 13.2 Å². The molecule has 20 nitrogen and oxygen atoms in total. The standard InChI is InChI=1S/C38H54N4O14.C2HF3O2/c1-22-15-29(16-23(2)32(22)54-27(6)46)34(48)40-19-37(55-28(7)47,21-52-25(4)44)38(10-12-42-13-14-51-20-36(42)9-11-39-18-36)33(41-24(3)43)30(53-26(5)45)17-31(56-38)35(49)50-8;3-2(4,5)1(6)7/h15-16,30-31,33,39H,9-14,17-21H2,1-8H3,(H,40,48)(H,41,43);(H,6,7)/t30?,31?,33?,36-,37?,38?;/m0./s1. The van der Waals surface area contributed by atoms with Gasteiger partial charge in [0, 0.05) is 66.2 Å². The molecule has 3 saturated heterocycles. The molecule has 0 aromatic heterocycles. The Labute approximate surface area is 361 Å². The largest absolute Gasteiger partial charge is 0.490 e. The summed E-state index contributed by atoms with van der Waals surface area (Å²) in [5, 5.41) is 16.2. The summed E-state index contributed by atoms with van der Waals surface area (Å²) in [5.41, 5.74) is -3.61. The van der Waals surface area contributed by atoms with E-state index in [2.05, 4.69) is 20.9 Å². The minimum atomic E-state index is -5.08. The lowest BCUT2D eigenvalue weighted by molar-refractivity contribution is -0.280. The van der Waals surface area contributed by atoms with Crippen LogP contribution in [0.15, 0.2) is 12.1 Å². The van der Waals surface area contributed by atoms with Crippen LogP contribution in [0.2, 0.25) is 0 Å². The number of carbonyl (C=O) groups excluding carboxylic acids is 7. The number of carboxylic acids is 1. The molecule has 0 saturated carbocycles. The highest BCUT2D eigenvalue weighted by molar-refractivity contribution is 5.95. The van der Waals surface area contributed by atoms with E-state index in [1.165, 1.54) is 26.0 Å². The number of ether oxygens (including phenoxy) is 7. The number of nitrogens with zero attached hydrogens (tertiary/aromatic N) is 1. The van der Waals surface area contributed by atoms with Gasteiger partial charge in [-0.15, -0.1) is 0 Å². The lowest BCUT2D eigenvalue weighted by atomic mass is 9.69. The normalized spacial score (nSPS) is 24.3. The number of hydrogen-bond acceptors (Lipinski definition) is 17. The molecule has 1 aromatic carbocycles. The zero-order chi connectivity index (χ0) is 47.5. The topological polar surface area (TPSA) is 261 Å². The first-order valence-electron chi connectivity index (χ1n) is 19.8. The Morgan fingerprint density at radius 3 is 2.10 bits per heavy atom. The molecular weight excluding hydrogens is 849 g/mol. The minimum absolute atomic E-state index is 0.134. The van der Waals surface area contributed by atoms with Gasteiger partial charge in [0.05, 0.1) is 38.4 Å². The second-order valence-electron chi connectivity index (χ2n) is 15.4. The highest BCUT2D eigenvalue weighted by Gasteiger charge is 2.67. The number of hydrogen-bond donors (Lipinski definition) is 4. The van der Waals surface area contributed by atoms with Gasteiger partial charge in [-0.05, 0) is 56.5 Å². The molecule has 1 aromatic rings. The Bertz CT molecular complexity index is 1870. The average molecular weight is 905 g/mol. The molecule has 0 aliphatic carbocycles. The van der Waals surface area contributed by atoms with Gasteiger partial charge in [-0.25, -0.2) is 9.59 Å². The van der Waals surface area contributed by atoms with E-state index in [4.69, 9.17) is 43.1 Å². The van der Waals surface area contributed by atoms with Gasteiger partial charge >= 0.3 is 42.0 Å². The van der Waals surface area contributed by atoms with Crippen LogP contribution in [0, 0.1) is 13.8 Å². The maximum atomic E-state index is 14.1. The van der Waals surface area contributed by atoms with Gasteiger partial charge in [0.15, 0.2) is 11.7 Å². The molecule has 5 unspecified atom stereocenters. The number of nitrogens with one attached hydrogen (secondary N) is 3. The Kier molecular flexibility index (Phi) is 18.0. The fourth-order valence-electron chi connectivity index (χ4n) is 8.11. The fourth-order valence-corrected chi connectivity index (χ4v) is 8.11. The highest BCUT2D eigenvalue weighted by atomic mass is 19.4. The molecule has 3 heterocycles. The zero-order valence-corrected chi connectivity index (χ0v) is 36.3. The van der Waals surface area contributed by atoms with E-state index in [9.17, 15) is 46.7 Å². The van der Waals surface area contributed by atoms with E-state index in [0.29, 0.717) is 37.4 Å². The van der Waals surface area contributed by atoms with E-state index >= 15 is 0 Å². The Balaban J connectivity index is 0.00000139. The van der Waals surface area contributed by atoms with Gasteiger partial charge in [-0.1, -0.05) is 0 Å². The minimum Gasteiger partial charge on any atom is -0.475 e. The van der Waals surface area contributed by atoms with Crippen LogP contribution in [0.25, 0.3) is 0 Å². The molecule has 4 rings (SSSR count). The van der Waals surface area contributed by atoms with E-state index in [0.717, 1.165) is 40.8 Å². The van der Waals surface area contributed by atoms with Crippen molar-refractivity contribution >= 4 is 47.6 Å². The number of carboxylic acid groups (broad SMARTS) is 1. The Morgan fingerprint density at radius 2 is 1.60 bits per heavy atom. The van der Waals surface area contributed by atoms with Crippen molar-refractivity contribution in [3.8, 4) is 5.75 Å². The van der Waals surface area contributed by atoms with Crippen LogP contribution in [0.4, 0.5) is 13.2 Å². The summed E-state index contributed by atoms with van der Waals surface area (Å²) < 4.78 is 72.5. The van der Waals surface area contributed by atoms with Crippen LogP contribution in [0.3, 0.4) is 0 Å². The maximum absolute atomic E-state index is 14.1. The van der Waals surface area contributed by atoms with Gasteiger partial charge in [0.1, 0.15) is 24.1 Å². The number of alkyl halides is 3. The number of amides is 2. The summed E-state index contributed by atoms with van der Waals surface area (Å²) in [6.45, 7) is 10.7. The quantitative estimate of drug-likeness (QED) is 0.116. The molecule has 23 heteroatoms. The molecule has 6 atom stereocenters. The first-order chi connectivity index (χ1) is 29.3. The third-order valence-electron chi connectivity index (χ3n) is 10.7. The number of aryl methyl sites for hydroxylation is 2. The molecule has 63 heavy (non-hydrogen) atoms. The van der Waals surface area contributed by atoms with E-state index < -0.39 is 102 Å². The molecule has 4 N–H and O–H groups in total. The SMILES string of the molecule is COC(=O)C1CC(OC(C)=O)C(NC(C)=O)C(CCN2CCOC[C@@]23CCNC3)(C(CNC(=O)c2cc(C)c(OC(C)=O)c(C)c2)(COC(C)=O)OC(C)=O)O1.O=C(O)C(F)(F)F. The molecule has 2 amide bonds. The van der Waals surface area contributed by atoms with E-state index in [1.54, 1.807) is 13.8 Å². The number of esters is 5. The number of morpholine rings is 1. The predicted octanol–water partition coefficient (Wildman–Crippen LogP) is 1.05. The first kappa shape index (κ1) is 52.0. The van der Waals surface area contributed by atoms with Gasteiger partial charge in [0.2, 0.25) is 5.91 Å². The molecule has 1 spiro atoms. The van der Waals surface area contributed by atoms with E-state index in [1.807, 2.05) is 0 Å². The average Bonchev–Trinajstić information content (AvgIpc) is 3.65. The lowest BCUT2D eigenvalue weighted by Crippen LogP contribution is -2.79. The van der Waals surface area contributed by atoms with Crippen molar-refractivity contribution in [3.05, 3.63) is 28.8 Å². The van der Waals surface area contributed by atoms with Crippen LogP contribution in [0.1, 0.15) is 75.4 Å². The van der Waals surface area contributed by atoms with Gasteiger partial charge in [0.25, 0.3) is 5.91 Å². The van der Waals surface area contributed by atoms with Gasteiger partial charge in [-0.3, -0.25) is 33.7 Å². The molecule has 3 aliphatic heterocycles. The van der Waals surface area contributed by atoms with Crippen molar-refractivity contribution < 1.29 is 89.8 Å². The fraction of sp³-hybridized carbons (Fsp3) is 0.650. The molecule has 3 fully saturated rings. The number of benzene rings is 1. The Morgan fingerprint density at radius 1 is 0.968 bits per heavy atom. The molecule has 352 valence electrons. The van der Waals surface area contributed by atoms with Crippen molar-refractivity contribution in [1.29, 1.82) is 0 Å². The molecule has 3 aliphatic rings. The number of aliphatic carboxylic acids is 1. The molecule has 0 radical (unpaired) electrons. The lowest BCUT2D eigenvalue weighted by Gasteiger charge is -2.57. The zero-order valence-electron chi connectivity index (χ0n) is 36.3. The molecule has 0 bridgehead atoms. The highest BCUT2D eigenvalue weighted by Crippen LogP contribution is 2.45. The third kappa shape index (κ3) is 13.3. The molecular formula is C40H55F3N4O16. The summed E-state index contributed by atoms with van der Waals surface area (Å²) >= 11 is 0. The van der Waals surface area contributed by atoms with Crippen molar-refractivity contribution in [2.24, 2.45) is 0 Å². The van der Waals surface area contributed by atoms with Crippen molar-refractivity contribution in [2.75, 3.05) is 59.7 Å². The van der Waals surface area contributed by atoms with Gasteiger partial charge < -0.3 is 54.2 Å².